The second kappa shape index (κ2) is 8.25. The van der Waals surface area contributed by atoms with Gasteiger partial charge in [0.2, 0.25) is 0 Å². The fourth-order valence-electron chi connectivity index (χ4n) is 3.20. The third-order valence-corrected chi connectivity index (χ3v) is 5.85. The Hall–Kier alpha value is -3.24. The number of hydrogen-bond donors (Lipinski definition) is 1. The number of nitrogens with zero attached hydrogens (tertiary/aromatic N) is 1. The van der Waals surface area contributed by atoms with Crippen LogP contribution < -0.4 is 5.32 Å². The first kappa shape index (κ1) is 20.0. The molecule has 0 unspecified atom stereocenters. The molecule has 4 rings (SSSR count). The molecule has 4 aromatic rings. The first-order valence-corrected chi connectivity index (χ1v) is 10.8. The number of rotatable bonds is 4. The van der Waals surface area contributed by atoms with Crippen LogP contribution in [-0.2, 0) is 5.41 Å². The Kier molecular flexibility index (Phi) is 5.51. The van der Waals surface area contributed by atoms with Gasteiger partial charge in [-0.3, -0.25) is 4.79 Å². The molecule has 0 aliphatic carbocycles. The molecule has 4 heteroatoms. The van der Waals surface area contributed by atoms with E-state index in [0.29, 0.717) is 5.56 Å². The molecule has 0 spiro atoms. The van der Waals surface area contributed by atoms with Crippen molar-refractivity contribution < 1.29 is 4.79 Å². The summed E-state index contributed by atoms with van der Waals surface area (Å²) < 4.78 is 0. The van der Waals surface area contributed by atoms with Gasteiger partial charge >= 0.3 is 0 Å². The van der Waals surface area contributed by atoms with Gasteiger partial charge in [-0.2, -0.15) is 0 Å². The Bertz CT molecular complexity index is 1160. The van der Waals surface area contributed by atoms with Crippen LogP contribution in [0.1, 0.15) is 36.7 Å². The van der Waals surface area contributed by atoms with Crippen molar-refractivity contribution >= 4 is 22.9 Å². The van der Waals surface area contributed by atoms with Crippen LogP contribution in [0.15, 0.2) is 84.2 Å². The summed E-state index contributed by atoms with van der Waals surface area (Å²) in [4.78, 5) is 17.5. The van der Waals surface area contributed by atoms with Crippen LogP contribution >= 0.6 is 11.3 Å². The van der Waals surface area contributed by atoms with Gasteiger partial charge in [0.1, 0.15) is 5.01 Å². The van der Waals surface area contributed by atoms with Crippen molar-refractivity contribution in [3.8, 4) is 21.8 Å². The van der Waals surface area contributed by atoms with Gasteiger partial charge in [0.05, 0.1) is 5.69 Å². The third kappa shape index (κ3) is 4.50. The number of amides is 1. The van der Waals surface area contributed by atoms with Gasteiger partial charge in [-0.25, -0.2) is 4.98 Å². The highest BCUT2D eigenvalue weighted by Gasteiger charge is 2.14. The predicted octanol–water partition coefficient (Wildman–Crippen LogP) is 7.03. The summed E-state index contributed by atoms with van der Waals surface area (Å²) in [6, 6.07) is 25.8. The van der Waals surface area contributed by atoms with Gasteiger partial charge in [-0.1, -0.05) is 75.4 Å². The minimum Gasteiger partial charge on any atom is -0.322 e. The molecule has 3 aromatic carbocycles. The second-order valence-corrected chi connectivity index (χ2v) is 9.12. The van der Waals surface area contributed by atoms with Crippen molar-refractivity contribution in [1.29, 1.82) is 0 Å². The lowest BCUT2D eigenvalue weighted by Gasteiger charge is -2.19. The lowest BCUT2D eigenvalue weighted by Crippen LogP contribution is -2.14. The van der Waals surface area contributed by atoms with Crippen LogP contribution in [0.3, 0.4) is 0 Å². The van der Waals surface area contributed by atoms with E-state index in [1.807, 2.05) is 66.7 Å². The molecule has 0 aliphatic rings. The van der Waals surface area contributed by atoms with Gasteiger partial charge < -0.3 is 5.32 Å². The molecule has 30 heavy (non-hydrogen) atoms. The summed E-state index contributed by atoms with van der Waals surface area (Å²) in [5, 5.41) is 6.04. The summed E-state index contributed by atoms with van der Waals surface area (Å²) >= 11 is 1.62. The molecule has 150 valence electrons. The fraction of sp³-hybridized carbons (Fsp3) is 0.154. The van der Waals surface area contributed by atoms with Crippen molar-refractivity contribution in [2.24, 2.45) is 0 Å². The number of carbonyl (C=O) groups excluding carboxylic acids is 1. The molecule has 0 fully saturated rings. The average molecular weight is 413 g/mol. The number of aromatic nitrogens is 1. The Morgan fingerprint density at radius 1 is 0.867 bits per heavy atom. The van der Waals surface area contributed by atoms with Gasteiger partial charge in [0, 0.05) is 27.8 Å². The standard InChI is InChI=1S/C26H24N2OS/c1-26(2,3)21-14-12-18(13-15-21)24(29)27-22-11-7-10-20(16-22)23-17-30-25(28-23)19-8-5-4-6-9-19/h4-17H,1-3H3,(H,27,29). The average Bonchev–Trinajstić information content (AvgIpc) is 3.24. The van der Waals surface area contributed by atoms with Gasteiger partial charge in [-0.15, -0.1) is 11.3 Å². The van der Waals surface area contributed by atoms with Gasteiger partial charge in [0.25, 0.3) is 5.91 Å². The second-order valence-electron chi connectivity index (χ2n) is 8.27. The highest BCUT2D eigenvalue weighted by molar-refractivity contribution is 7.13. The van der Waals surface area contributed by atoms with Crippen LogP contribution in [0.25, 0.3) is 21.8 Å². The molecule has 0 bridgehead atoms. The van der Waals surface area contributed by atoms with E-state index in [1.165, 1.54) is 5.56 Å². The zero-order chi connectivity index (χ0) is 21.1. The molecule has 1 amide bonds. The molecule has 0 radical (unpaired) electrons. The summed E-state index contributed by atoms with van der Waals surface area (Å²) in [5.74, 6) is -0.115. The van der Waals surface area contributed by atoms with Crippen molar-refractivity contribution in [3.05, 3.63) is 95.4 Å². The maximum atomic E-state index is 12.7. The van der Waals surface area contributed by atoms with E-state index in [1.54, 1.807) is 11.3 Å². The predicted molar refractivity (Wildman–Crippen MR) is 126 cm³/mol. The van der Waals surface area contributed by atoms with Gasteiger partial charge in [-0.05, 0) is 35.2 Å². The first-order valence-electron chi connectivity index (χ1n) is 9.93. The van der Waals surface area contributed by atoms with Crippen LogP contribution in [0, 0.1) is 0 Å². The van der Waals surface area contributed by atoms with E-state index in [0.717, 1.165) is 27.5 Å². The maximum Gasteiger partial charge on any atom is 0.255 e. The lowest BCUT2D eigenvalue weighted by atomic mass is 9.87. The quantitative estimate of drug-likeness (QED) is 0.391. The summed E-state index contributed by atoms with van der Waals surface area (Å²) in [5.41, 5.74) is 5.67. The molecular formula is C26H24N2OS. The van der Waals surface area contributed by atoms with Crippen molar-refractivity contribution in [2.75, 3.05) is 5.32 Å². The minimum absolute atomic E-state index is 0.0650. The molecule has 3 nitrogen and oxygen atoms in total. The highest BCUT2D eigenvalue weighted by Crippen LogP contribution is 2.30. The summed E-state index contributed by atoms with van der Waals surface area (Å²) in [7, 11) is 0. The molecule has 1 aromatic heterocycles. The number of thiazole rings is 1. The molecule has 1 heterocycles. The summed E-state index contributed by atoms with van der Waals surface area (Å²) in [6.45, 7) is 6.49. The van der Waals surface area contributed by atoms with Crippen LogP contribution in [0.2, 0.25) is 0 Å². The molecule has 0 atom stereocenters. The van der Waals surface area contributed by atoms with Crippen molar-refractivity contribution in [3.63, 3.8) is 0 Å². The van der Waals surface area contributed by atoms with Crippen LogP contribution in [0.5, 0.6) is 0 Å². The largest absolute Gasteiger partial charge is 0.322 e. The Morgan fingerprint density at radius 2 is 1.57 bits per heavy atom. The third-order valence-electron chi connectivity index (χ3n) is 4.95. The van der Waals surface area contributed by atoms with Crippen LogP contribution in [-0.4, -0.2) is 10.9 Å². The molecule has 1 N–H and O–H groups in total. The SMILES string of the molecule is CC(C)(C)c1ccc(C(=O)Nc2cccc(-c3csc(-c4ccccc4)n3)c2)cc1. The molecule has 0 aliphatic heterocycles. The van der Waals surface area contributed by atoms with E-state index < -0.39 is 0 Å². The van der Waals surface area contributed by atoms with Crippen LogP contribution in [0.4, 0.5) is 5.69 Å². The number of benzene rings is 3. The fourth-order valence-corrected chi connectivity index (χ4v) is 4.04. The van der Waals surface area contributed by atoms with E-state index >= 15 is 0 Å². The monoisotopic (exact) mass is 412 g/mol. The number of hydrogen-bond acceptors (Lipinski definition) is 3. The Balaban J connectivity index is 1.51. The first-order chi connectivity index (χ1) is 14.4. The Morgan fingerprint density at radius 3 is 2.27 bits per heavy atom. The minimum atomic E-state index is -0.115. The molecular weight excluding hydrogens is 388 g/mol. The lowest BCUT2D eigenvalue weighted by molar-refractivity contribution is 0.102. The van der Waals surface area contributed by atoms with Crippen molar-refractivity contribution in [2.45, 2.75) is 26.2 Å². The molecule has 0 saturated carbocycles. The maximum absolute atomic E-state index is 12.7. The number of anilines is 1. The summed E-state index contributed by atoms with van der Waals surface area (Å²) in [6.07, 6.45) is 0. The van der Waals surface area contributed by atoms with Crippen molar-refractivity contribution in [1.82, 2.24) is 4.98 Å². The highest BCUT2D eigenvalue weighted by atomic mass is 32.1. The number of nitrogens with one attached hydrogen (secondary N) is 1. The van der Waals surface area contributed by atoms with E-state index in [-0.39, 0.29) is 11.3 Å². The number of carbonyl (C=O) groups is 1. The zero-order valence-electron chi connectivity index (χ0n) is 17.3. The zero-order valence-corrected chi connectivity index (χ0v) is 18.2. The smallest absolute Gasteiger partial charge is 0.255 e. The van der Waals surface area contributed by atoms with E-state index in [2.05, 4.69) is 43.6 Å². The molecule has 0 saturated heterocycles. The Labute approximate surface area is 181 Å². The van der Waals surface area contributed by atoms with E-state index in [4.69, 9.17) is 4.98 Å². The van der Waals surface area contributed by atoms with E-state index in [9.17, 15) is 4.79 Å². The normalized spacial score (nSPS) is 11.3. The van der Waals surface area contributed by atoms with Gasteiger partial charge in [0.15, 0.2) is 0 Å². The topological polar surface area (TPSA) is 42.0 Å².